The van der Waals surface area contributed by atoms with Crippen LogP contribution < -0.4 is 5.32 Å². The van der Waals surface area contributed by atoms with Crippen molar-refractivity contribution in [3.8, 4) is 11.4 Å². The Morgan fingerprint density at radius 1 is 1.20 bits per heavy atom. The van der Waals surface area contributed by atoms with Crippen LogP contribution >= 0.6 is 0 Å². The third-order valence-electron chi connectivity index (χ3n) is 3.47. The Labute approximate surface area is 122 Å². The van der Waals surface area contributed by atoms with E-state index in [9.17, 15) is 0 Å². The second-order valence-electron chi connectivity index (χ2n) is 5.27. The molecule has 0 radical (unpaired) electrons. The fraction of sp³-hybridized carbons (Fsp3) is 0.471. The van der Waals surface area contributed by atoms with E-state index in [1.54, 1.807) is 0 Å². The van der Waals surface area contributed by atoms with Crippen molar-refractivity contribution in [2.75, 3.05) is 6.54 Å². The lowest BCUT2D eigenvalue weighted by atomic mass is 10.0. The number of aryl methyl sites for hydroxylation is 2. The van der Waals surface area contributed by atoms with Gasteiger partial charge in [-0.2, -0.15) is 0 Å². The molecule has 0 bridgehead atoms. The highest BCUT2D eigenvalue weighted by atomic mass is 15.1. The van der Waals surface area contributed by atoms with E-state index in [0.717, 1.165) is 31.9 Å². The van der Waals surface area contributed by atoms with Crippen molar-refractivity contribution in [1.29, 1.82) is 0 Å². The summed E-state index contributed by atoms with van der Waals surface area (Å²) in [4.78, 5) is 4.52. The number of imidazole rings is 1. The van der Waals surface area contributed by atoms with Crippen molar-refractivity contribution >= 4 is 0 Å². The first-order chi connectivity index (χ1) is 9.76. The van der Waals surface area contributed by atoms with Gasteiger partial charge >= 0.3 is 0 Å². The van der Waals surface area contributed by atoms with E-state index in [1.165, 1.54) is 23.1 Å². The summed E-state index contributed by atoms with van der Waals surface area (Å²) in [5, 5.41) is 3.44. The number of nitrogens with zero attached hydrogens (tertiary/aromatic N) is 2. The average molecular weight is 271 g/mol. The smallest absolute Gasteiger partial charge is 0.140 e. The van der Waals surface area contributed by atoms with Gasteiger partial charge in [-0.15, -0.1) is 0 Å². The van der Waals surface area contributed by atoms with Crippen LogP contribution in [-0.2, 0) is 13.1 Å². The lowest BCUT2D eigenvalue weighted by Gasteiger charge is -2.11. The van der Waals surface area contributed by atoms with Gasteiger partial charge in [-0.25, -0.2) is 4.98 Å². The van der Waals surface area contributed by atoms with E-state index in [-0.39, 0.29) is 0 Å². The summed E-state index contributed by atoms with van der Waals surface area (Å²) in [6, 6.07) is 6.67. The molecule has 0 aliphatic rings. The molecule has 0 aliphatic carbocycles. The van der Waals surface area contributed by atoms with Gasteiger partial charge in [0.05, 0.1) is 0 Å². The average Bonchev–Trinajstić information content (AvgIpc) is 2.88. The van der Waals surface area contributed by atoms with Crippen molar-refractivity contribution in [3.63, 3.8) is 0 Å². The maximum Gasteiger partial charge on any atom is 0.140 e. The second-order valence-corrected chi connectivity index (χ2v) is 5.27. The molecular formula is C17H25N3. The minimum absolute atomic E-state index is 0.943. The standard InChI is InChI=1S/C17H25N3/c1-4-8-18-13-15-6-7-16(14(3)12-15)17-19-9-11-20(17)10-5-2/h6-7,9,11-12,18H,4-5,8,10,13H2,1-3H3. The second kappa shape index (κ2) is 7.25. The first-order valence-corrected chi connectivity index (χ1v) is 7.58. The lowest BCUT2D eigenvalue weighted by Crippen LogP contribution is -2.13. The number of hydrogen-bond acceptors (Lipinski definition) is 2. The highest BCUT2D eigenvalue weighted by Gasteiger charge is 2.08. The minimum Gasteiger partial charge on any atom is -0.331 e. The molecule has 0 atom stereocenters. The summed E-state index contributed by atoms with van der Waals surface area (Å²) >= 11 is 0. The summed E-state index contributed by atoms with van der Waals surface area (Å²) in [5.74, 6) is 1.08. The van der Waals surface area contributed by atoms with E-state index < -0.39 is 0 Å². The van der Waals surface area contributed by atoms with Gasteiger partial charge in [0.25, 0.3) is 0 Å². The molecule has 0 aliphatic heterocycles. The minimum atomic E-state index is 0.943. The highest BCUT2D eigenvalue weighted by molar-refractivity contribution is 5.61. The van der Waals surface area contributed by atoms with Gasteiger partial charge in [0.1, 0.15) is 5.82 Å². The number of aromatic nitrogens is 2. The van der Waals surface area contributed by atoms with Gasteiger partial charge in [0.2, 0.25) is 0 Å². The van der Waals surface area contributed by atoms with Gasteiger partial charge in [-0.05, 0) is 37.4 Å². The Morgan fingerprint density at radius 2 is 2.05 bits per heavy atom. The van der Waals surface area contributed by atoms with E-state index in [1.807, 2.05) is 6.20 Å². The monoisotopic (exact) mass is 271 g/mol. The Balaban J connectivity index is 2.18. The van der Waals surface area contributed by atoms with Crippen LogP contribution in [0.4, 0.5) is 0 Å². The lowest BCUT2D eigenvalue weighted by molar-refractivity contribution is 0.674. The molecule has 0 saturated carbocycles. The molecule has 1 aromatic heterocycles. The van der Waals surface area contributed by atoms with Crippen LogP contribution in [0.15, 0.2) is 30.6 Å². The molecule has 1 aromatic carbocycles. The van der Waals surface area contributed by atoms with E-state index >= 15 is 0 Å². The molecule has 0 spiro atoms. The van der Waals surface area contributed by atoms with Crippen LogP contribution in [0.25, 0.3) is 11.4 Å². The van der Waals surface area contributed by atoms with Crippen LogP contribution in [0.3, 0.4) is 0 Å². The zero-order chi connectivity index (χ0) is 14.4. The van der Waals surface area contributed by atoms with Crippen molar-refractivity contribution in [2.24, 2.45) is 0 Å². The van der Waals surface area contributed by atoms with Crippen LogP contribution in [0.1, 0.15) is 37.8 Å². The predicted molar refractivity (Wildman–Crippen MR) is 84.7 cm³/mol. The Bertz CT molecular complexity index is 543. The molecule has 0 fully saturated rings. The zero-order valence-electron chi connectivity index (χ0n) is 12.8. The number of hydrogen-bond donors (Lipinski definition) is 1. The molecule has 20 heavy (non-hydrogen) atoms. The summed E-state index contributed by atoms with van der Waals surface area (Å²) in [7, 11) is 0. The molecule has 0 amide bonds. The van der Waals surface area contributed by atoms with Crippen LogP contribution in [-0.4, -0.2) is 16.1 Å². The van der Waals surface area contributed by atoms with Crippen LogP contribution in [0, 0.1) is 6.92 Å². The number of benzene rings is 1. The summed E-state index contributed by atoms with van der Waals surface area (Å²) < 4.78 is 2.23. The Hall–Kier alpha value is -1.61. The Morgan fingerprint density at radius 3 is 2.75 bits per heavy atom. The highest BCUT2D eigenvalue weighted by Crippen LogP contribution is 2.23. The van der Waals surface area contributed by atoms with Gasteiger partial charge in [-0.1, -0.05) is 32.0 Å². The van der Waals surface area contributed by atoms with Gasteiger partial charge in [0, 0.05) is 31.0 Å². The molecule has 1 heterocycles. The number of nitrogens with one attached hydrogen (secondary N) is 1. The normalized spacial score (nSPS) is 10.9. The van der Waals surface area contributed by atoms with E-state index in [4.69, 9.17) is 0 Å². The summed E-state index contributed by atoms with van der Waals surface area (Å²) in [6.07, 6.45) is 6.25. The quantitative estimate of drug-likeness (QED) is 0.777. The topological polar surface area (TPSA) is 29.9 Å². The maximum absolute atomic E-state index is 4.52. The van der Waals surface area contributed by atoms with Gasteiger partial charge in [0.15, 0.2) is 0 Å². The molecule has 3 heteroatoms. The third-order valence-corrected chi connectivity index (χ3v) is 3.47. The molecule has 2 rings (SSSR count). The molecule has 108 valence electrons. The number of rotatable bonds is 7. The zero-order valence-corrected chi connectivity index (χ0v) is 12.8. The van der Waals surface area contributed by atoms with Gasteiger partial charge in [-0.3, -0.25) is 0 Å². The van der Waals surface area contributed by atoms with Crippen molar-refractivity contribution in [2.45, 2.75) is 46.7 Å². The summed E-state index contributed by atoms with van der Waals surface area (Å²) in [6.45, 7) is 9.59. The molecule has 0 unspecified atom stereocenters. The third kappa shape index (κ3) is 3.48. The van der Waals surface area contributed by atoms with Crippen LogP contribution in [0.5, 0.6) is 0 Å². The fourth-order valence-electron chi connectivity index (χ4n) is 2.47. The van der Waals surface area contributed by atoms with E-state index in [0.29, 0.717) is 0 Å². The first-order valence-electron chi connectivity index (χ1n) is 7.58. The maximum atomic E-state index is 4.52. The molecular weight excluding hydrogens is 246 g/mol. The van der Waals surface area contributed by atoms with Crippen molar-refractivity contribution in [3.05, 3.63) is 41.7 Å². The van der Waals surface area contributed by atoms with Crippen LogP contribution in [0.2, 0.25) is 0 Å². The largest absolute Gasteiger partial charge is 0.331 e. The first kappa shape index (κ1) is 14.8. The molecule has 3 nitrogen and oxygen atoms in total. The molecule has 1 N–H and O–H groups in total. The van der Waals surface area contributed by atoms with Gasteiger partial charge < -0.3 is 9.88 Å². The Kier molecular flexibility index (Phi) is 5.36. The fourth-order valence-corrected chi connectivity index (χ4v) is 2.47. The molecule has 2 aromatic rings. The predicted octanol–water partition coefficient (Wildman–Crippen LogP) is 3.77. The van der Waals surface area contributed by atoms with Crippen molar-refractivity contribution in [1.82, 2.24) is 14.9 Å². The van der Waals surface area contributed by atoms with Crippen molar-refractivity contribution < 1.29 is 0 Å². The molecule has 0 saturated heterocycles. The summed E-state index contributed by atoms with van der Waals surface area (Å²) in [5.41, 5.74) is 3.88. The van der Waals surface area contributed by atoms with E-state index in [2.05, 4.69) is 60.0 Å². The SMILES string of the molecule is CCCNCc1ccc(-c2nccn2CCC)c(C)c1.